The number of esters is 1. The number of aromatic nitrogens is 1. The first-order valence-electron chi connectivity index (χ1n) is 6.16. The molecule has 2 N–H and O–H groups in total. The minimum atomic E-state index is -0.913. The molecule has 0 amide bonds. The Morgan fingerprint density at radius 2 is 2.32 bits per heavy atom. The maximum Gasteiger partial charge on any atom is 0.325 e. The van der Waals surface area contributed by atoms with Crippen LogP contribution < -0.4 is 5.73 Å². The summed E-state index contributed by atoms with van der Waals surface area (Å²) in [5.74, 6) is 0.505. The summed E-state index contributed by atoms with van der Waals surface area (Å²) in [5, 5.41) is 1.54. The Morgan fingerprint density at radius 1 is 1.58 bits per heavy atom. The molecule has 1 rings (SSSR count). The van der Waals surface area contributed by atoms with E-state index in [1.807, 2.05) is 12.1 Å². The highest BCUT2D eigenvalue weighted by atomic mass is 35.5. The third-order valence-corrected chi connectivity index (χ3v) is 3.79. The molecule has 1 aromatic rings. The number of thioether (sulfide) groups is 1. The van der Waals surface area contributed by atoms with Crippen LogP contribution in [-0.4, -0.2) is 28.9 Å². The molecule has 0 fully saturated rings. The van der Waals surface area contributed by atoms with Gasteiger partial charge in [0.25, 0.3) is 0 Å². The van der Waals surface area contributed by atoms with Gasteiger partial charge < -0.3 is 10.5 Å². The van der Waals surface area contributed by atoms with E-state index in [1.54, 1.807) is 31.8 Å². The predicted molar refractivity (Wildman–Crippen MR) is 78.4 cm³/mol. The van der Waals surface area contributed by atoms with Gasteiger partial charge >= 0.3 is 5.97 Å². The Balaban J connectivity index is 2.30. The van der Waals surface area contributed by atoms with Crippen molar-refractivity contribution in [1.29, 1.82) is 0 Å². The lowest BCUT2D eigenvalue weighted by atomic mass is 9.98. The second kappa shape index (κ2) is 7.72. The fourth-order valence-corrected chi connectivity index (χ4v) is 2.36. The van der Waals surface area contributed by atoms with Gasteiger partial charge in [-0.25, -0.2) is 4.98 Å². The quantitative estimate of drug-likeness (QED) is 0.476. The molecule has 0 aromatic carbocycles. The van der Waals surface area contributed by atoms with Crippen molar-refractivity contribution < 1.29 is 9.53 Å². The Labute approximate surface area is 123 Å². The minimum absolute atomic E-state index is 0.343. The van der Waals surface area contributed by atoms with Gasteiger partial charge in [-0.1, -0.05) is 11.6 Å². The summed E-state index contributed by atoms with van der Waals surface area (Å²) in [5.41, 5.74) is 5.02. The van der Waals surface area contributed by atoms with Crippen molar-refractivity contribution in [3.05, 3.63) is 23.4 Å². The molecule has 1 heterocycles. The zero-order chi connectivity index (χ0) is 14.3. The first-order valence-corrected chi connectivity index (χ1v) is 7.52. The van der Waals surface area contributed by atoms with E-state index in [-0.39, 0.29) is 5.97 Å². The summed E-state index contributed by atoms with van der Waals surface area (Å²) in [6, 6.07) is 3.68. The molecule has 0 aliphatic rings. The zero-order valence-electron chi connectivity index (χ0n) is 11.2. The number of pyridine rings is 1. The normalized spacial score (nSPS) is 13.9. The molecule has 0 bridgehead atoms. The summed E-state index contributed by atoms with van der Waals surface area (Å²) in [4.78, 5) is 15.8. The van der Waals surface area contributed by atoms with Gasteiger partial charge in [0.05, 0.1) is 16.7 Å². The summed E-state index contributed by atoms with van der Waals surface area (Å²) in [7, 11) is 0. The number of hydrogen-bond acceptors (Lipinski definition) is 5. The van der Waals surface area contributed by atoms with Crippen LogP contribution in [0, 0.1) is 0 Å². The van der Waals surface area contributed by atoms with Crippen molar-refractivity contribution in [1.82, 2.24) is 4.98 Å². The Morgan fingerprint density at radius 3 is 2.89 bits per heavy atom. The van der Waals surface area contributed by atoms with Crippen molar-refractivity contribution in [3.8, 4) is 0 Å². The van der Waals surface area contributed by atoms with Crippen LogP contribution in [0.25, 0.3) is 0 Å². The monoisotopic (exact) mass is 302 g/mol. The lowest BCUT2D eigenvalue weighted by Crippen LogP contribution is -2.46. The lowest BCUT2D eigenvalue weighted by molar-refractivity contribution is -0.149. The highest BCUT2D eigenvalue weighted by Gasteiger charge is 2.29. The second-order valence-electron chi connectivity index (χ2n) is 4.40. The van der Waals surface area contributed by atoms with E-state index in [0.29, 0.717) is 18.1 Å². The fraction of sp³-hybridized carbons (Fsp3) is 0.538. The Hall–Kier alpha value is -0.780. The molecule has 0 saturated carbocycles. The van der Waals surface area contributed by atoms with Gasteiger partial charge in [-0.2, -0.15) is 0 Å². The Bertz CT molecular complexity index is 410. The maximum absolute atomic E-state index is 11.6. The summed E-state index contributed by atoms with van der Waals surface area (Å²) in [6.45, 7) is 3.83. The standard InChI is InChI=1S/C13H19ClN2O2S/c1-3-18-12(17)13(2,15)7-4-8-19-11-6-5-10(14)9-16-11/h5-6,9H,3-4,7-8,15H2,1-2H3. The number of halogens is 1. The van der Waals surface area contributed by atoms with Gasteiger partial charge in [0.15, 0.2) is 0 Å². The smallest absolute Gasteiger partial charge is 0.325 e. The van der Waals surface area contributed by atoms with E-state index in [4.69, 9.17) is 22.1 Å². The molecule has 0 aliphatic carbocycles. The molecule has 19 heavy (non-hydrogen) atoms. The van der Waals surface area contributed by atoms with Gasteiger partial charge in [0.2, 0.25) is 0 Å². The molecular weight excluding hydrogens is 284 g/mol. The lowest BCUT2D eigenvalue weighted by Gasteiger charge is -2.21. The molecule has 0 spiro atoms. The molecule has 0 aliphatic heterocycles. The van der Waals surface area contributed by atoms with E-state index in [2.05, 4.69) is 4.98 Å². The number of nitrogens with zero attached hydrogens (tertiary/aromatic N) is 1. The Kier molecular flexibility index (Phi) is 6.62. The number of hydrogen-bond donors (Lipinski definition) is 1. The molecule has 0 saturated heterocycles. The van der Waals surface area contributed by atoms with Crippen LogP contribution in [0.3, 0.4) is 0 Å². The van der Waals surface area contributed by atoms with Gasteiger partial charge in [-0.05, 0) is 44.6 Å². The van der Waals surface area contributed by atoms with Gasteiger partial charge in [0, 0.05) is 6.20 Å². The molecule has 1 atom stereocenters. The molecule has 4 nitrogen and oxygen atoms in total. The summed E-state index contributed by atoms with van der Waals surface area (Å²) >= 11 is 7.38. The average Bonchev–Trinajstić information content (AvgIpc) is 2.37. The van der Waals surface area contributed by atoms with Crippen LogP contribution in [0.4, 0.5) is 0 Å². The van der Waals surface area contributed by atoms with E-state index in [1.165, 1.54) is 0 Å². The molecule has 6 heteroatoms. The van der Waals surface area contributed by atoms with Gasteiger partial charge in [-0.3, -0.25) is 4.79 Å². The topological polar surface area (TPSA) is 65.2 Å². The average molecular weight is 303 g/mol. The molecule has 0 radical (unpaired) electrons. The molecule has 106 valence electrons. The van der Waals surface area contributed by atoms with E-state index in [0.717, 1.165) is 17.2 Å². The van der Waals surface area contributed by atoms with Crippen LogP contribution in [0.5, 0.6) is 0 Å². The van der Waals surface area contributed by atoms with Crippen LogP contribution in [0.15, 0.2) is 23.4 Å². The predicted octanol–water partition coefficient (Wildman–Crippen LogP) is 2.89. The van der Waals surface area contributed by atoms with Gasteiger partial charge in [0.1, 0.15) is 5.54 Å². The number of carbonyl (C=O) groups excluding carboxylic acids is 1. The number of carbonyl (C=O) groups is 1. The van der Waals surface area contributed by atoms with Gasteiger partial charge in [-0.15, -0.1) is 11.8 Å². The van der Waals surface area contributed by atoms with Crippen LogP contribution >= 0.6 is 23.4 Å². The first kappa shape index (κ1) is 16.3. The van der Waals surface area contributed by atoms with Crippen LogP contribution in [-0.2, 0) is 9.53 Å². The van der Waals surface area contributed by atoms with E-state index < -0.39 is 5.54 Å². The number of nitrogens with two attached hydrogens (primary N) is 1. The number of ether oxygens (including phenoxy) is 1. The first-order chi connectivity index (χ1) is 8.95. The maximum atomic E-state index is 11.6. The van der Waals surface area contributed by atoms with Crippen molar-refractivity contribution in [2.24, 2.45) is 5.73 Å². The molecular formula is C13H19ClN2O2S. The van der Waals surface area contributed by atoms with Crippen LogP contribution in [0.1, 0.15) is 26.7 Å². The molecule has 1 aromatic heterocycles. The highest BCUT2D eigenvalue weighted by Crippen LogP contribution is 2.20. The molecule has 1 unspecified atom stereocenters. The van der Waals surface area contributed by atoms with Crippen molar-refractivity contribution in [2.45, 2.75) is 37.3 Å². The number of rotatable bonds is 7. The summed E-state index contributed by atoms with van der Waals surface area (Å²) in [6.07, 6.45) is 3.03. The van der Waals surface area contributed by atoms with Crippen molar-refractivity contribution in [2.75, 3.05) is 12.4 Å². The zero-order valence-corrected chi connectivity index (χ0v) is 12.8. The highest BCUT2D eigenvalue weighted by molar-refractivity contribution is 7.99. The minimum Gasteiger partial charge on any atom is -0.465 e. The second-order valence-corrected chi connectivity index (χ2v) is 5.96. The largest absolute Gasteiger partial charge is 0.465 e. The third kappa shape index (κ3) is 5.80. The van der Waals surface area contributed by atoms with E-state index >= 15 is 0 Å². The van der Waals surface area contributed by atoms with E-state index in [9.17, 15) is 4.79 Å². The third-order valence-electron chi connectivity index (χ3n) is 2.53. The van der Waals surface area contributed by atoms with Crippen LogP contribution in [0.2, 0.25) is 5.02 Å². The summed E-state index contributed by atoms with van der Waals surface area (Å²) < 4.78 is 4.94. The fourth-order valence-electron chi connectivity index (χ4n) is 1.46. The van der Waals surface area contributed by atoms with Crippen molar-refractivity contribution in [3.63, 3.8) is 0 Å². The van der Waals surface area contributed by atoms with Crippen molar-refractivity contribution >= 4 is 29.3 Å². The SMILES string of the molecule is CCOC(=O)C(C)(N)CCCSc1ccc(Cl)cn1.